The Morgan fingerprint density at radius 1 is 0.645 bits per heavy atom. The van der Waals surface area contributed by atoms with Crippen LogP contribution in [0.4, 0.5) is 5.69 Å². The molecule has 3 heteroatoms. The molecular formula is C28H23NO2. The van der Waals surface area contributed by atoms with Gasteiger partial charge in [0.2, 0.25) is 11.8 Å². The summed E-state index contributed by atoms with van der Waals surface area (Å²) >= 11 is 0. The highest BCUT2D eigenvalue weighted by Crippen LogP contribution is 2.63. The number of fused-ring (bicyclic) bond motifs is 5. The molecule has 0 radical (unpaired) electrons. The Labute approximate surface area is 182 Å². The van der Waals surface area contributed by atoms with Crippen LogP contribution in [-0.2, 0) is 9.59 Å². The van der Waals surface area contributed by atoms with E-state index >= 15 is 0 Å². The van der Waals surface area contributed by atoms with Gasteiger partial charge in [0.15, 0.2) is 0 Å². The number of hydrogen-bond acceptors (Lipinski definition) is 2. The highest BCUT2D eigenvalue weighted by Gasteiger charge is 2.64. The van der Waals surface area contributed by atoms with Gasteiger partial charge in [0.25, 0.3) is 0 Å². The molecule has 152 valence electrons. The number of nitrogens with zero attached hydrogens (tertiary/aromatic N) is 1. The molecule has 1 saturated carbocycles. The number of carbonyl (C=O) groups is 2. The van der Waals surface area contributed by atoms with Gasteiger partial charge < -0.3 is 0 Å². The molecule has 3 aromatic rings. The number of benzene rings is 3. The number of carbonyl (C=O) groups excluding carboxylic acids is 2. The zero-order valence-electron chi connectivity index (χ0n) is 17.4. The van der Waals surface area contributed by atoms with Gasteiger partial charge in [-0.05, 0) is 59.6 Å². The summed E-state index contributed by atoms with van der Waals surface area (Å²) in [6, 6.07) is 28.5. The van der Waals surface area contributed by atoms with Crippen LogP contribution in [0.15, 0.2) is 84.9 Å². The van der Waals surface area contributed by atoms with Gasteiger partial charge in [-0.15, -0.1) is 0 Å². The number of imide groups is 1. The summed E-state index contributed by atoms with van der Waals surface area (Å²) in [4.78, 5) is 28.6. The predicted molar refractivity (Wildman–Crippen MR) is 122 cm³/mol. The van der Waals surface area contributed by atoms with Crippen molar-refractivity contribution in [1.82, 2.24) is 0 Å². The molecule has 2 fully saturated rings. The highest BCUT2D eigenvalue weighted by atomic mass is 16.2. The predicted octanol–water partition coefficient (Wildman–Crippen LogP) is 5.36. The lowest BCUT2D eigenvalue weighted by atomic mass is 9.73. The van der Waals surface area contributed by atoms with Crippen molar-refractivity contribution >= 4 is 28.6 Å². The van der Waals surface area contributed by atoms with E-state index in [2.05, 4.69) is 48.5 Å². The number of rotatable bonds is 3. The summed E-state index contributed by atoms with van der Waals surface area (Å²) in [5.74, 6) is -0.430. The van der Waals surface area contributed by atoms with Crippen molar-refractivity contribution in [1.29, 1.82) is 0 Å². The van der Waals surface area contributed by atoms with E-state index < -0.39 is 0 Å². The first kappa shape index (κ1) is 18.3. The molecule has 0 spiro atoms. The van der Waals surface area contributed by atoms with Crippen LogP contribution in [-0.4, -0.2) is 11.8 Å². The van der Waals surface area contributed by atoms with Crippen LogP contribution >= 0.6 is 0 Å². The van der Waals surface area contributed by atoms with E-state index in [0.29, 0.717) is 5.69 Å². The van der Waals surface area contributed by atoms with Gasteiger partial charge in [0.05, 0.1) is 17.5 Å². The van der Waals surface area contributed by atoms with Crippen molar-refractivity contribution in [3.63, 3.8) is 0 Å². The maximum Gasteiger partial charge on any atom is 0.238 e. The van der Waals surface area contributed by atoms with Crippen molar-refractivity contribution in [2.75, 3.05) is 4.90 Å². The molecule has 2 amide bonds. The maximum atomic E-state index is 13.6. The van der Waals surface area contributed by atoms with Crippen molar-refractivity contribution < 1.29 is 9.59 Å². The van der Waals surface area contributed by atoms with Gasteiger partial charge in [-0.3, -0.25) is 14.5 Å². The zero-order valence-corrected chi connectivity index (χ0v) is 17.4. The number of hydrogen-bond donors (Lipinski definition) is 0. The highest BCUT2D eigenvalue weighted by molar-refractivity contribution is 6.24. The van der Waals surface area contributed by atoms with Gasteiger partial charge in [-0.2, -0.15) is 0 Å². The fourth-order valence-electron chi connectivity index (χ4n) is 6.04. The van der Waals surface area contributed by atoms with Crippen LogP contribution in [0.1, 0.15) is 23.1 Å². The fourth-order valence-corrected chi connectivity index (χ4v) is 6.04. The van der Waals surface area contributed by atoms with Crippen LogP contribution in [0.25, 0.3) is 11.1 Å². The Bertz CT molecular complexity index is 1140. The SMILES string of the molecule is Cc1ccc(N2C(=O)C3C4CC(C(c5ccccc5)=C4c4ccccc4)C3C2=O)cc1. The standard InChI is InChI=1S/C28H23NO2/c1-17-12-14-20(15-13-17)29-27(30)25-21-16-22(26(25)28(29)31)24(19-10-6-3-7-11-19)23(21)18-8-4-2-5-9-18/h2-15,21-22,25-26H,16H2,1H3. The Hall–Kier alpha value is -3.46. The minimum Gasteiger partial charge on any atom is -0.274 e. The van der Waals surface area contributed by atoms with Crippen molar-refractivity contribution in [3.8, 4) is 0 Å². The fraction of sp³-hybridized carbons (Fsp3) is 0.214. The van der Waals surface area contributed by atoms with Crippen molar-refractivity contribution in [2.24, 2.45) is 23.7 Å². The van der Waals surface area contributed by atoms with Crippen LogP contribution < -0.4 is 4.90 Å². The molecule has 4 atom stereocenters. The third-order valence-corrected chi connectivity index (χ3v) is 7.27. The normalized spacial score (nSPS) is 26.7. The Balaban J connectivity index is 1.49. The van der Waals surface area contributed by atoms with Gasteiger partial charge in [0.1, 0.15) is 0 Å². The van der Waals surface area contributed by atoms with E-state index in [1.807, 2.05) is 43.3 Å². The number of aryl methyl sites for hydroxylation is 1. The van der Waals surface area contributed by atoms with Crippen molar-refractivity contribution in [2.45, 2.75) is 13.3 Å². The van der Waals surface area contributed by atoms with Gasteiger partial charge in [0, 0.05) is 0 Å². The summed E-state index contributed by atoms with van der Waals surface area (Å²) < 4.78 is 0. The second kappa shape index (κ2) is 6.78. The zero-order chi connectivity index (χ0) is 21.1. The molecule has 1 aliphatic heterocycles. The molecule has 0 N–H and O–H groups in total. The molecular weight excluding hydrogens is 382 g/mol. The van der Waals surface area contributed by atoms with E-state index in [9.17, 15) is 9.59 Å². The summed E-state index contributed by atoms with van der Waals surface area (Å²) in [5, 5.41) is 0. The Morgan fingerprint density at radius 3 is 1.55 bits per heavy atom. The largest absolute Gasteiger partial charge is 0.274 e. The Morgan fingerprint density at radius 2 is 1.10 bits per heavy atom. The lowest BCUT2D eigenvalue weighted by Crippen LogP contribution is -2.32. The second-order valence-electron chi connectivity index (χ2n) is 8.91. The number of amides is 2. The summed E-state index contributed by atoms with van der Waals surface area (Å²) in [5.41, 5.74) is 6.65. The monoisotopic (exact) mass is 405 g/mol. The minimum atomic E-state index is -0.263. The third kappa shape index (κ3) is 2.59. The minimum absolute atomic E-state index is 0.0353. The topological polar surface area (TPSA) is 37.4 Å². The van der Waals surface area contributed by atoms with E-state index in [1.165, 1.54) is 27.2 Å². The summed E-state index contributed by atoms with van der Waals surface area (Å²) in [7, 11) is 0. The first-order chi connectivity index (χ1) is 15.1. The Kier molecular flexibility index (Phi) is 4.01. The van der Waals surface area contributed by atoms with Crippen molar-refractivity contribution in [3.05, 3.63) is 102 Å². The molecule has 3 nitrogen and oxygen atoms in total. The molecule has 1 saturated heterocycles. The van der Waals surface area contributed by atoms with Gasteiger partial charge in [-0.1, -0.05) is 78.4 Å². The molecule has 2 aliphatic carbocycles. The summed E-state index contributed by atoms with van der Waals surface area (Å²) in [6.45, 7) is 2.01. The van der Waals surface area contributed by atoms with E-state index in [0.717, 1.165) is 12.0 Å². The quantitative estimate of drug-likeness (QED) is 0.550. The molecule has 2 bridgehead atoms. The van der Waals surface area contributed by atoms with E-state index in [-0.39, 0.29) is 35.5 Å². The first-order valence-corrected chi connectivity index (χ1v) is 10.9. The number of allylic oxidation sites excluding steroid dienone is 2. The van der Waals surface area contributed by atoms with Gasteiger partial charge in [-0.25, -0.2) is 0 Å². The number of anilines is 1. The lowest BCUT2D eigenvalue weighted by molar-refractivity contribution is -0.123. The molecule has 4 unspecified atom stereocenters. The van der Waals surface area contributed by atoms with E-state index in [4.69, 9.17) is 0 Å². The average Bonchev–Trinajstić information content (AvgIpc) is 3.45. The van der Waals surface area contributed by atoms with Crippen LogP contribution in [0.3, 0.4) is 0 Å². The molecule has 3 aromatic carbocycles. The van der Waals surface area contributed by atoms with Crippen LogP contribution in [0.5, 0.6) is 0 Å². The second-order valence-corrected chi connectivity index (χ2v) is 8.91. The van der Waals surface area contributed by atoms with Gasteiger partial charge >= 0.3 is 0 Å². The lowest BCUT2D eigenvalue weighted by Gasteiger charge is -2.27. The maximum absolute atomic E-state index is 13.6. The molecule has 6 rings (SSSR count). The molecule has 1 heterocycles. The smallest absolute Gasteiger partial charge is 0.238 e. The summed E-state index contributed by atoms with van der Waals surface area (Å²) in [6.07, 6.45) is 0.878. The average molecular weight is 405 g/mol. The molecule has 3 aliphatic rings. The third-order valence-electron chi connectivity index (χ3n) is 7.27. The van der Waals surface area contributed by atoms with Crippen LogP contribution in [0.2, 0.25) is 0 Å². The van der Waals surface area contributed by atoms with Crippen LogP contribution in [0, 0.1) is 30.6 Å². The first-order valence-electron chi connectivity index (χ1n) is 10.9. The molecule has 0 aromatic heterocycles. The molecule has 31 heavy (non-hydrogen) atoms. The van der Waals surface area contributed by atoms with E-state index in [1.54, 1.807) is 0 Å².